The van der Waals surface area contributed by atoms with Crippen LogP contribution >= 0.6 is 0 Å². The van der Waals surface area contributed by atoms with Crippen LogP contribution in [0.25, 0.3) is 10.9 Å². The Bertz CT molecular complexity index is 659. The van der Waals surface area contributed by atoms with Gasteiger partial charge in [-0.1, -0.05) is 26.0 Å². The first-order valence-electron chi connectivity index (χ1n) is 7.11. The largest absolute Gasteiger partial charge is 0.673 e. The highest BCUT2D eigenvalue weighted by atomic mass is 19.5. The lowest BCUT2D eigenvalue weighted by Crippen LogP contribution is -2.02. The summed E-state index contributed by atoms with van der Waals surface area (Å²) in [4.78, 5) is 12.9. The molecule has 0 atom stereocenters. The fraction of sp³-hybridized carbons (Fsp3) is 0.200. The SMILES string of the molecule is CC.F[B-](F)(F)F.F[B-](F)(F)F.F[B-](F)(F)F.N.O=[N+]([O-])c1cccc2cc[nH]c12. The molecule has 1 aromatic carbocycles. The van der Waals surface area contributed by atoms with E-state index in [0.717, 1.165) is 5.39 Å². The second kappa shape index (κ2) is 15.3. The molecule has 0 aliphatic rings. The van der Waals surface area contributed by atoms with Crippen molar-refractivity contribution in [1.29, 1.82) is 0 Å². The van der Waals surface area contributed by atoms with Gasteiger partial charge in [-0.25, -0.2) is 0 Å². The molecule has 0 bridgehead atoms. The van der Waals surface area contributed by atoms with Gasteiger partial charge in [0.15, 0.2) is 0 Å². The highest BCUT2D eigenvalue weighted by Crippen LogP contribution is 2.22. The topological polar surface area (TPSA) is 93.9 Å². The monoisotopic (exact) mass is 470 g/mol. The van der Waals surface area contributed by atoms with Gasteiger partial charge < -0.3 is 62.9 Å². The molecule has 178 valence electrons. The third kappa shape index (κ3) is 33.1. The summed E-state index contributed by atoms with van der Waals surface area (Å²) < 4.78 is 117. The predicted octanol–water partition coefficient (Wildman–Crippen LogP) is 7.16. The second-order valence-corrected chi connectivity index (χ2v) is 3.96. The Labute approximate surface area is 161 Å². The van der Waals surface area contributed by atoms with Crippen molar-refractivity contribution in [3.05, 3.63) is 40.6 Å². The van der Waals surface area contributed by atoms with E-state index in [2.05, 4.69) is 4.98 Å². The number of benzene rings is 1. The predicted molar refractivity (Wildman–Crippen MR) is 91.9 cm³/mol. The number of nitro benzene ring substituents is 1. The van der Waals surface area contributed by atoms with Crippen molar-refractivity contribution < 1.29 is 56.7 Å². The summed E-state index contributed by atoms with van der Waals surface area (Å²) >= 11 is 0. The molecule has 0 amide bonds. The summed E-state index contributed by atoms with van der Waals surface area (Å²) in [5.74, 6) is 0. The number of aromatic amines is 1. The Morgan fingerprint density at radius 3 is 1.40 bits per heavy atom. The molecule has 5 nitrogen and oxygen atoms in total. The van der Waals surface area contributed by atoms with E-state index in [1.54, 1.807) is 12.3 Å². The number of aromatic nitrogens is 1. The molecule has 0 radical (unpaired) electrons. The van der Waals surface area contributed by atoms with E-state index in [1.807, 2.05) is 26.0 Å². The van der Waals surface area contributed by atoms with Gasteiger partial charge in [0.2, 0.25) is 0 Å². The third-order valence-corrected chi connectivity index (χ3v) is 1.76. The van der Waals surface area contributed by atoms with Gasteiger partial charge >= 0.3 is 21.8 Å². The molecule has 0 saturated carbocycles. The first-order valence-corrected chi connectivity index (χ1v) is 7.11. The second-order valence-electron chi connectivity index (χ2n) is 3.96. The maximum absolute atomic E-state index is 10.5. The zero-order valence-corrected chi connectivity index (χ0v) is 15.1. The van der Waals surface area contributed by atoms with Crippen molar-refractivity contribution in [1.82, 2.24) is 11.1 Å². The third-order valence-electron chi connectivity index (χ3n) is 1.76. The molecule has 1 heterocycles. The number of hydrogen-bond donors (Lipinski definition) is 2. The summed E-state index contributed by atoms with van der Waals surface area (Å²) in [6.45, 7) is 4.00. The van der Waals surface area contributed by atoms with Gasteiger partial charge in [0, 0.05) is 17.6 Å². The van der Waals surface area contributed by atoms with Crippen LogP contribution in [-0.4, -0.2) is 31.7 Å². The molecule has 4 N–H and O–H groups in total. The molecular weight excluding hydrogens is 455 g/mol. The van der Waals surface area contributed by atoms with Gasteiger partial charge in [-0.05, 0) is 6.07 Å². The van der Waals surface area contributed by atoms with Gasteiger partial charge in [0.1, 0.15) is 5.52 Å². The van der Waals surface area contributed by atoms with E-state index in [-0.39, 0.29) is 11.8 Å². The number of non-ortho nitro benzene ring substituents is 1. The Hall–Kier alpha value is -2.53. The fourth-order valence-corrected chi connectivity index (χ4v) is 1.22. The van der Waals surface area contributed by atoms with E-state index in [4.69, 9.17) is 0 Å². The summed E-state index contributed by atoms with van der Waals surface area (Å²) in [6.07, 6.45) is 1.69. The van der Waals surface area contributed by atoms with E-state index in [1.165, 1.54) is 6.07 Å². The molecule has 0 unspecified atom stereocenters. The maximum atomic E-state index is 10.5. The lowest BCUT2D eigenvalue weighted by molar-refractivity contribution is -0.383. The van der Waals surface area contributed by atoms with E-state index >= 15 is 0 Å². The van der Waals surface area contributed by atoms with Gasteiger partial charge in [-0.3, -0.25) is 10.1 Å². The average Bonchev–Trinajstić information content (AvgIpc) is 2.92. The van der Waals surface area contributed by atoms with Crippen molar-refractivity contribution in [3.8, 4) is 0 Å². The Balaban J connectivity index is -0.000000161. The van der Waals surface area contributed by atoms with Crippen LogP contribution in [0.3, 0.4) is 0 Å². The number of hydrogen-bond acceptors (Lipinski definition) is 3. The molecule has 0 aliphatic carbocycles. The normalized spacial score (nSPS) is 10.3. The van der Waals surface area contributed by atoms with Crippen molar-refractivity contribution in [3.63, 3.8) is 0 Å². The molecular formula is C10H15B3F12N3O2-3. The van der Waals surface area contributed by atoms with E-state index in [9.17, 15) is 61.9 Å². The molecule has 0 fully saturated rings. The minimum Gasteiger partial charge on any atom is -0.418 e. The zero-order valence-electron chi connectivity index (χ0n) is 15.1. The number of H-pyrrole nitrogens is 1. The van der Waals surface area contributed by atoms with E-state index in [0.29, 0.717) is 5.52 Å². The van der Waals surface area contributed by atoms with Crippen LogP contribution in [0.2, 0.25) is 0 Å². The number of fused-ring (bicyclic) bond motifs is 1. The van der Waals surface area contributed by atoms with Crippen LogP contribution in [0.5, 0.6) is 0 Å². The molecule has 0 aliphatic heterocycles. The molecule has 20 heteroatoms. The lowest BCUT2D eigenvalue weighted by atomic mass is 10.2. The van der Waals surface area contributed by atoms with Crippen LogP contribution < -0.4 is 6.15 Å². The highest BCUT2D eigenvalue weighted by Gasteiger charge is 2.21. The molecule has 1 aromatic heterocycles. The van der Waals surface area contributed by atoms with Crippen molar-refractivity contribution >= 4 is 38.4 Å². The summed E-state index contributed by atoms with van der Waals surface area (Å²) in [7, 11) is -18.0. The lowest BCUT2D eigenvalue weighted by Gasteiger charge is -1.94. The number of halogens is 12. The van der Waals surface area contributed by atoms with Crippen LogP contribution in [0, 0.1) is 10.1 Å². The first kappa shape index (κ1) is 34.9. The van der Waals surface area contributed by atoms with Crippen LogP contribution in [0.1, 0.15) is 13.8 Å². The smallest absolute Gasteiger partial charge is 0.418 e. The quantitative estimate of drug-likeness (QED) is 0.201. The number of rotatable bonds is 1. The number of para-hydroxylation sites is 1. The fourth-order valence-electron chi connectivity index (χ4n) is 1.22. The van der Waals surface area contributed by atoms with Crippen molar-refractivity contribution in [2.45, 2.75) is 13.8 Å². The average molecular weight is 470 g/mol. The van der Waals surface area contributed by atoms with Gasteiger partial charge in [0.25, 0.3) is 5.69 Å². The van der Waals surface area contributed by atoms with Crippen molar-refractivity contribution in [2.75, 3.05) is 0 Å². The molecule has 0 saturated heterocycles. The number of nitrogens with one attached hydrogen (secondary N) is 1. The first-order chi connectivity index (χ1) is 12.8. The summed E-state index contributed by atoms with van der Waals surface area (Å²) in [5.41, 5.74) is 0.708. The molecule has 0 spiro atoms. The van der Waals surface area contributed by atoms with Gasteiger partial charge in [-0.2, -0.15) is 0 Å². The maximum Gasteiger partial charge on any atom is 0.673 e. The zero-order chi connectivity index (χ0) is 24.1. The minimum absolute atomic E-state index is 0. The van der Waals surface area contributed by atoms with Crippen LogP contribution in [0.4, 0.5) is 57.5 Å². The standard InChI is InChI=1S/C8H6N2O2.C2H6.3BF4.H3N/c11-10(12)7-3-1-2-6-4-5-9-8(6)7;1-2;3*2-1(3,4)5;/h1-5,9H;1-2H3;;;;1H3/q;;3*-1;. The molecule has 2 rings (SSSR count). The van der Waals surface area contributed by atoms with Gasteiger partial charge in [-0.15, -0.1) is 0 Å². The number of nitrogens with zero attached hydrogens (tertiary/aromatic N) is 1. The summed E-state index contributed by atoms with van der Waals surface area (Å²) in [5, 5.41) is 11.4. The Morgan fingerprint density at radius 1 is 0.767 bits per heavy atom. The van der Waals surface area contributed by atoms with Crippen molar-refractivity contribution in [2.24, 2.45) is 0 Å². The van der Waals surface area contributed by atoms with Crippen LogP contribution in [-0.2, 0) is 0 Å². The Morgan fingerprint density at radius 2 is 1.10 bits per heavy atom. The minimum atomic E-state index is -6.00. The van der Waals surface area contributed by atoms with Crippen LogP contribution in [0.15, 0.2) is 30.5 Å². The number of nitro groups is 1. The van der Waals surface area contributed by atoms with E-state index < -0.39 is 26.7 Å². The molecule has 2 aromatic rings. The van der Waals surface area contributed by atoms with Gasteiger partial charge in [0.05, 0.1) is 4.92 Å². The summed E-state index contributed by atoms with van der Waals surface area (Å²) in [6, 6.07) is 6.80. The molecule has 30 heavy (non-hydrogen) atoms. The Kier molecular flexibility index (Phi) is 17.9. The highest BCUT2D eigenvalue weighted by molar-refractivity contribution is 6.50.